The highest BCUT2D eigenvalue weighted by Crippen LogP contribution is 2.26. The van der Waals surface area contributed by atoms with Crippen LogP contribution in [-0.4, -0.2) is 30.0 Å². The lowest BCUT2D eigenvalue weighted by Gasteiger charge is -2.23. The highest BCUT2D eigenvalue weighted by atomic mass is 16.2. The van der Waals surface area contributed by atoms with Crippen molar-refractivity contribution in [3.63, 3.8) is 0 Å². The molecule has 5 heteroatoms. The predicted molar refractivity (Wildman–Crippen MR) is 83.9 cm³/mol. The van der Waals surface area contributed by atoms with Crippen molar-refractivity contribution < 1.29 is 4.79 Å². The van der Waals surface area contributed by atoms with Gasteiger partial charge in [0, 0.05) is 29.7 Å². The summed E-state index contributed by atoms with van der Waals surface area (Å²) in [5.41, 5.74) is 9.07. The Morgan fingerprint density at radius 2 is 2.19 bits per heavy atom. The molecule has 1 amide bonds. The zero-order valence-electron chi connectivity index (χ0n) is 12.1. The van der Waals surface area contributed by atoms with E-state index in [0.29, 0.717) is 19.6 Å². The monoisotopic (exact) mass is 286 g/mol. The first kappa shape index (κ1) is 14.1. The smallest absolute Gasteiger partial charge is 0.237 e. The zero-order chi connectivity index (χ0) is 14.7. The third kappa shape index (κ3) is 2.94. The van der Waals surface area contributed by atoms with Gasteiger partial charge in [-0.1, -0.05) is 18.2 Å². The van der Waals surface area contributed by atoms with Crippen LogP contribution in [0.5, 0.6) is 0 Å². The van der Waals surface area contributed by atoms with Crippen LogP contribution in [0.25, 0.3) is 10.9 Å². The molecule has 5 N–H and O–H groups in total. The Kier molecular flexibility index (Phi) is 4.22. The van der Waals surface area contributed by atoms with Crippen molar-refractivity contribution in [1.29, 1.82) is 0 Å². The Balaban J connectivity index is 1.67. The number of hydrogen-bond donors (Lipinski definition) is 4. The van der Waals surface area contributed by atoms with Crippen molar-refractivity contribution in [3.05, 3.63) is 35.5 Å². The molecule has 5 nitrogen and oxygen atoms in total. The highest BCUT2D eigenvalue weighted by molar-refractivity contribution is 5.88. The average molecular weight is 286 g/mol. The number of rotatable bonds is 5. The topological polar surface area (TPSA) is 82.9 Å². The van der Waals surface area contributed by atoms with Gasteiger partial charge in [0.15, 0.2) is 0 Å². The number of fused-ring (bicyclic) bond motifs is 3. The quantitative estimate of drug-likeness (QED) is 0.620. The Hall–Kier alpha value is -1.85. The minimum absolute atomic E-state index is 0.0861. The Morgan fingerprint density at radius 1 is 1.33 bits per heavy atom. The van der Waals surface area contributed by atoms with E-state index in [2.05, 4.69) is 27.8 Å². The van der Waals surface area contributed by atoms with E-state index >= 15 is 0 Å². The normalized spacial score (nSPS) is 17.7. The van der Waals surface area contributed by atoms with Gasteiger partial charge >= 0.3 is 0 Å². The maximum absolute atomic E-state index is 12.2. The summed E-state index contributed by atoms with van der Waals surface area (Å²) in [6.07, 6.45) is 2.63. The molecular formula is C16H22N4O. The molecule has 0 bridgehead atoms. The number of aromatic nitrogens is 1. The summed E-state index contributed by atoms with van der Waals surface area (Å²) < 4.78 is 0. The van der Waals surface area contributed by atoms with Gasteiger partial charge in [0.25, 0.3) is 0 Å². The lowest BCUT2D eigenvalue weighted by molar-refractivity contribution is -0.123. The van der Waals surface area contributed by atoms with Crippen LogP contribution in [0, 0.1) is 0 Å². The summed E-state index contributed by atoms with van der Waals surface area (Å²) in [5, 5.41) is 7.53. The summed E-state index contributed by atoms with van der Waals surface area (Å²) in [7, 11) is 0. The van der Waals surface area contributed by atoms with Crippen LogP contribution in [-0.2, 0) is 17.8 Å². The second-order valence-corrected chi connectivity index (χ2v) is 5.55. The van der Waals surface area contributed by atoms with Gasteiger partial charge in [-0.3, -0.25) is 10.1 Å². The summed E-state index contributed by atoms with van der Waals surface area (Å²) >= 11 is 0. The Labute approximate surface area is 124 Å². The first-order chi connectivity index (χ1) is 10.3. The van der Waals surface area contributed by atoms with Crippen LogP contribution in [0.4, 0.5) is 0 Å². The molecule has 0 saturated heterocycles. The van der Waals surface area contributed by atoms with E-state index in [1.807, 2.05) is 12.1 Å². The number of nitrogens with one attached hydrogen (secondary N) is 3. The van der Waals surface area contributed by atoms with Gasteiger partial charge in [0.1, 0.15) is 0 Å². The minimum Gasteiger partial charge on any atom is -0.357 e. The van der Waals surface area contributed by atoms with Crippen LogP contribution in [0.15, 0.2) is 24.3 Å². The van der Waals surface area contributed by atoms with Crippen molar-refractivity contribution in [1.82, 2.24) is 15.6 Å². The van der Waals surface area contributed by atoms with Crippen LogP contribution in [0.2, 0.25) is 0 Å². The molecule has 0 saturated carbocycles. The first-order valence-electron chi connectivity index (χ1n) is 7.59. The van der Waals surface area contributed by atoms with Gasteiger partial charge < -0.3 is 16.0 Å². The molecule has 0 spiro atoms. The van der Waals surface area contributed by atoms with Gasteiger partial charge in [-0.25, -0.2) is 0 Å². The van der Waals surface area contributed by atoms with Crippen molar-refractivity contribution in [2.45, 2.75) is 31.8 Å². The van der Waals surface area contributed by atoms with Crippen molar-refractivity contribution >= 4 is 16.8 Å². The van der Waals surface area contributed by atoms with Crippen LogP contribution < -0.4 is 16.4 Å². The molecule has 1 aromatic carbocycles. The fraction of sp³-hybridized carbons (Fsp3) is 0.438. The number of nitrogens with two attached hydrogens (primary N) is 1. The van der Waals surface area contributed by atoms with E-state index < -0.39 is 0 Å². The summed E-state index contributed by atoms with van der Waals surface area (Å²) in [6.45, 7) is 2.09. The van der Waals surface area contributed by atoms with E-state index in [-0.39, 0.29) is 11.9 Å². The molecule has 112 valence electrons. The summed E-state index contributed by atoms with van der Waals surface area (Å²) in [6, 6.07) is 8.12. The fourth-order valence-corrected chi connectivity index (χ4v) is 2.93. The number of aromatic amines is 1. The molecule has 21 heavy (non-hydrogen) atoms. The molecule has 1 aliphatic rings. The number of amides is 1. The van der Waals surface area contributed by atoms with E-state index in [4.69, 9.17) is 5.73 Å². The molecule has 0 fully saturated rings. The second kappa shape index (κ2) is 6.28. The van der Waals surface area contributed by atoms with E-state index in [0.717, 1.165) is 24.8 Å². The largest absolute Gasteiger partial charge is 0.357 e. The van der Waals surface area contributed by atoms with Crippen molar-refractivity contribution in [3.8, 4) is 0 Å². The third-order valence-electron chi connectivity index (χ3n) is 4.08. The Bertz CT molecular complexity index is 634. The maximum atomic E-state index is 12.2. The summed E-state index contributed by atoms with van der Waals surface area (Å²) in [4.78, 5) is 15.6. The number of para-hydroxylation sites is 1. The SMILES string of the molecule is NCCCCNC(=O)C1Cc2c([nH]c3ccccc23)CN1. The number of carbonyl (C=O) groups is 1. The molecule has 1 aromatic heterocycles. The third-order valence-corrected chi connectivity index (χ3v) is 4.08. The molecule has 1 atom stereocenters. The van der Waals surface area contributed by atoms with Gasteiger partial charge in [0.2, 0.25) is 5.91 Å². The molecule has 2 heterocycles. The number of carbonyl (C=O) groups excluding carboxylic acids is 1. The fourth-order valence-electron chi connectivity index (χ4n) is 2.93. The molecule has 0 aliphatic carbocycles. The molecule has 1 unspecified atom stereocenters. The maximum Gasteiger partial charge on any atom is 0.237 e. The molecule has 2 aromatic rings. The highest BCUT2D eigenvalue weighted by Gasteiger charge is 2.26. The lowest BCUT2D eigenvalue weighted by atomic mass is 9.98. The van der Waals surface area contributed by atoms with Gasteiger partial charge in [-0.05, 0) is 37.4 Å². The van der Waals surface area contributed by atoms with Crippen molar-refractivity contribution in [2.24, 2.45) is 5.73 Å². The number of hydrogen-bond acceptors (Lipinski definition) is 3. The van der Waals surface area contributed by atoms with Gasteiger partial charge in [0.05, 0.1) is 6.04 Å². The lowest BCUT2D eigenvalue weighted by Crippen LogP contribution is -2.47. The molecule has 0 radical (unpaired) electrons. The van der Waals surface area contributed by atoms with Crippen molar-refractivity contribution in [2.75, 3.05) is 13.1 Å². The average Bonchev–Trinajstić information content (AvgIpc) is 2.89. The standard InChI is InChI=1S/C16H22N4O/c17-7-3-4-8-18-16(21)14-9-12-11-5-1-2-6-13(11)20-15(12)10-19-14/h1-2,5-6,14,19-20H,3-4,7-10,17H2,(H,18,21). The van der Waals surface area contributed by atoms with E-state index in [9.17, 15) is 4.79 Å². The molecule has 3 rings (SSSR count). The number of benzene rings is 1. The number of H-pyrrole nitrogens is 1. The van der Waals surface area contributed by atoms with Gasteiger partial charge in [-0.2, -0.15) is 0 Å². The zero-order valence-corrected chi connectivity index (χ0v) is 12.1. The van der Waals surface area contributed by atoms with E-state index in [1.54, 1.807) is 0 Å². The molecule has 1 aliphatic heterocycles. The summed E-state index contributed by atoms with van der Waals surface area (Å²) in [5.74, 6) is 0.0861. The predicted octanol–water partition coefficient (Wildman–Crippen LogP) is 1.04. The number of unbranched alkanes of at least 4 members (excludes halogenated alkanes) is 1. The minimum atomic E-state index is -0.144. The van der Waals surface area contributed by atoms with Crippen LogP contribution >= 0.6 is 0 Å². The molecular weight excluding hydrogens is 264 g/mol. The second-order valence-electron chi connectivity index (χ2n) is 5.55. The van der Waals surface area contributed by atoms with Crippen LogP contribution in [0.3, 0.4) is 0 Å². The first-order valence-corrected chi connectivity index (χ1v) is 7.59. The van der Waals surface area contributed by atoms with E-state index in [1.165, 1.54) is 16.6 Å². The Morgan fingerprint density at radius 3 is 3.05 bits per heavy atom. The van der Waals surface area contributed by atoms with Crippen LogP contribution in [0.1, 0.15) is 24.1 Å². The van der Waals surface area contributed by atoms with Gasteiger partial charge in [-0.15, -0.1) is 0 Å².